The van der Waals surface area contributed by atoms with Gasteiger partial charge in [0, 0.05) is 0 Å². The van der Waals surface area contributed by atoms with Gasteiger partial charge in [-0.2, -0.15) is 8.78 Å². The Hall–Kier alpha value is -0.790. The van der Waals surface area contributed by atoms with Gasteiger partial charge in [0.15, 0.2) is 4.77 Å². The maximum atomic E-state index is 13.1. The number of rotatable bonds is 3. The number of aromatic nitrogens is 2. The molecule has 19 heavy (non-hydrogen) atoms. The van der Waals surface area contributed by atoms with Gasteiger partial charge in [-0.1, -0.05) is 23.2 Å². The Morgan fingerprint density at radius 2 is 1.84 bits per heavy atom. The first-order chi connectivity index (χ1) is 8.72. The number of nitrogens with zero attached hydrogens (tertiary/aromatic N) is 1. The summed E-state index contributed by atoms with van der Waals surface area (Å²) in [6, 6.07) is 2.69. The van der Waals surface area contributed by atoms with E-state index in [1.165, 1.54) is 12.1 Å². The van der Waals surface area contributed by atoms with Crippen molar-refractivity contribution in [3.63, 3.8) is 0 Å². The third kappa shape index (κ3) is 2.73. The van der Waals surface area contributed by atoms with Crippen LogP contribution >= 0.6 is 35.4 Å². The topological polar surface area (TPSA) is 20.7 Å². The van der Waals surface area contributed by atoms with Crippen molar-refractivity contribution < 1.29 is 17.6 Å². The molecule has 0 aliphatic heterocycles. The number of aromatic amines is 1. The van der Waals surface area contributed by atoms with Crippen molar-refractivity contribution in [1.29, 1.82) is 0 Å². The number of imidazole rings is 1. The average molecular weight is 333 g/mol. The summed E-state index contributed by atoms with van der Waals surface area (Å²) in [7, 11) is 0. The lowest BCUT2D eigenvalue weighted by atomic mass is 10.3. The van der Waals surface area contributed by atoms with Gasteiger partial charge in [-0.15, -0.1) is 0 Å². The van der Waals surface area contributed by atoms with Crippen LogP contribution in [-0.4, -0.2) is 21.9 Å². The van der Waals surface area contributed by atoms with Crippen LogP contribution in [0.2, 0.25) is 10.0 Å². The number of H-pyrrole nitrogens is 1. The Kier molecular flexibility index (Phi) is 3.81. The first kappa shape index (κ1) is 14.6. The average Bonchev–Trinajstić information content (AvgIpc) is 2.56. The molecule has 2 aromatic rings. The van der Waals surface area contributed by atoms with Gasteiger partial charge in [-0.05, 0) is 24.4 Å². The smallest absolute Gasteiger partial charge is 0.324 e. The van der Waals surface area contributed by atoms with E-state index in [4.69, 9.17) is 35.4 Å². The molecule has 2 rings (SSSR count). The molecule has 0 amide bonds. The molecule has 0 aliphatic carbocycles. The summed E-state index contributed by atoms with van der Waals surface area (Å²) in [5, 5.41) is 0.329. The Balaban J connectivity index is 2.58. The Bertz CT molecular complexity index is 680. The first-order valence-corrected chi connectivity index (χ1v) is 6.12. The second-order valence-electron chi connectivity index (χ2n) is 3.86. The van der Waals surface area contributed by atoms with E-state index in [1.54, 1.807) is 0 Å². The molecule has 0 saturated heterocycles. The summed E-state index contributed by atoms with van der Waals surface area (Å²) in [5.41, 5.74) is 0.546. The number of halogens is 6. The first-order valence-electron chi connectivity index (χ1n) is 4.96. The van der Waals surface area contributed by atoms with Gasteiger partial charge in [0.25, 0.3) is 0 Å². The van der Waals surface area contributed by atoms with Crippen LogP contribution in [0.15, 0.2) is 12.1 Å². The highest BCUT2D eigenvalue weighted by molar-refractivity contribution is 7.71. The minimum atomic E-state index is -4.18. The number of nitrogens with one attached hydrogen (secondary N) is 1. The normalized spacial score (nSPS) is 12.6. The molecular weight excluding hydrogens is 327 g/mol. The zero-order valence-corrected chi connectivity index (χ0v) is 11.4. The largest absolute Gasteiger partial charge is 0.331 e. The maximum absolute atomic E-state index is 13.1. The van der Waals surface area contributed by atoms with Crippen LogP contribution in [-0.2, 0) is 6.54 Å². The van der Waals surface area contributed by atoms with E-state index < -0.39 is 18.9 Å². The monoisotopic (exact) mass is 332 g/mol. The van der Waals surface area contributed by atoms with Crippen molar-refractivity contribution in [3.8, 4) is 0 Å². The van der Waals surface area contributed by atoms with Gasteiger partial charge in [0.05, 0.1) is 27.6 Å². The van der Waals surface area contributed by atoms with Crippen molar-refractivity contribution in [3.05, 3.63) is 26.9 Å². The van der Waals surface area contributed by atoms with E-state index in [0.717, 1.165) is 4.57 Å². The molecule has 1 aromatic carbocycles. The second kappa shape index (κ2) is 4.96. The Morgan fingerprint density at radius 3 is 2.42 bits per heavy atom. The highest BCUT2D eigenvalue weighted by Gasteiger charge is 2.41. The van der Waals surface area contributed by atoms with Crippen LogP contribution in [0, 0.1) is 4.77 Å². The maximum Gasteiger partial charge on any atom is 0.324 e. The highest BCUT2D eigenvalue weighted by Crippen LogP contribution is 2.30. The van der Waals surface area contributed by atoms with Crippen molar-refractivity contribution in [2.75, 3.05) is 0 Å². The van der Waals surface area contributed by atoms with Crippen LogP contribution in [0.1, 0.15) is 0 Å². The molecule has 1 N–H and O–H groups in total. The minimum absolute atomic E-state index is 0.103. The minimum Gasteiger partial charge on any atom is -0.331 e. The van der Waals surface area contributed by atoms with E-state index in [-0.39, 0.29) is 20.3 Å². The van der Waals surface area contributed by atoms with Crippen molar-refractivity contribution in [2.24, 2.45) is 0 Å². The van der Waals surface area contributed by atoms with Crippen LogP contribution in [0.25, 0.3) is 11.0 Å². The van der Waals surface area contributed by atoms with Crippen LogP contribution in [0.5, 0.6) is 0 Å². The predicted molar refractivity (Wildman–Crippen MR) is 68.1 cm³/mol. The molecule has 1 aromatic heterocycles. The van der Waals surface area contributed by atoms with Crippen LogP contribution < -0.4 is 0 Å². The summed E-state index contributed by atoms with van der Waals surface area (Å²) in [4.78, 5) is 2.61. The van der Waals surface area contributed by atoms with Crippen molar-refractivity contribution >= 4 is 46.5 Å². The van der Waals surface area contributed by atoms with Gasteiger partial charge in [-0.25, -0.2) is 8.78 Å². The van der Waals surface area contributed by atoms with Gasteiger partial charge in [-0.3, -0.25) is 0 Å². The number of fused-ring (bicyclic) bond motifs is 1. The number of hydrogen-bond acceptors (Lipinski definition) is 1. The number of alkyl halides is 4. The summed E-state index contributed by atoms with van der Waals surface area (Å²) in [6.45, 7) is -1.23. The zero-order valence-electron chi connectivity index (χ0n) is 9.06. The zero-order chi connectivity index (χ0) is 14.4. The molecule has 0 fully saturated rings. The lowest BCUT2D eigenvalue weighted by Gasteiger charge is -2.16. The summed E-state index contributed by atoms with van der Waals surface area (Å²) in [6.07, 6.45) is -3.78. The fourth-order valence-corrected chi connectivity index (χ4v) is 2.18. The van der Waals surface area contributed by atoms with E-state index >= 15 is 0 Å². The number of benzene rings is 1. The van der Waals surface area contributed by atoms with Crippen LogP contribution in [0.4, 0.5) is 17.6 Å². The van der Waals surface area contributed by atoms with Gasteiger partial charge in [0.1, 0.15) is 0 Å². The molecule has 0 unspecified atom stereocenters. The summed E-state index contributed by atoms with van der Waals surface area (Å²) in [5.74, 6) is -4.18. The molecule has 9 heteroatoms. The third-order valence-electron chi connectivity index (χ3n) is 2.50. The lowest BCUT2D eigenvalue weighted by Crippen LogP contribution is -2.32. The van der Waals surface area contributed by atoms with E-state index in [1.807, 2.05) is 0 Å². The standard InChI is InChI=1S/C10H6Cl2F4N2S/c11-4-1-6-7(2-5(4)12)18(9(19)17-6)3-10(15,16)8(13)14/h1-2,8H,3H2,(H,17,19). The molecule has 0 aliphatic rings. The molecule has 0 radical (unpaired) electrons. The molecule has 0 atom stereocenters. The Labute approximate surface area is 119 Å². The van der Waals surface area contributed by atoms with E-state index in [2.05, 4.69) is 4.98 Å². The van der Waals surface area contributed by atoms with Gasteiger partial charge in [0.2, 0.25) is 0 Å². The molecule has 1 heterocycles. The molecule has 0 spiro atoms. The predicted octanol–water partition coefficient (Wildman–Crippen LogP) is 4.91. The van der Waals surface area contributed by atoms with Crippen molar-refractivity contribution in [1.82, 2.24) is 9.55 Å². The van der Waals surface area contributed by atoms with E-state index in [0.29, 0.717) is 5.52 Å². The molecular formula is C10H6Cl2F4N2S. The molecule has 2 nitrogen and oxygen atoms in total. The molecule has 104 valence electrons. The fourth-order valence-electron chi connectivity index (χ4n) is 1.59. The fraction of sp³-hybridized carbons (Fsp3) is 0.300. The summed E-state index contributed by atoms with van der Waals surface area (Å²) < 4.78 is 51.4. The van der Waals surface area contributed by atoms with Gasteiger partial charge < -0.3 is 9.55 Å². The second-order valence-corrected chi connectivity index (χ2v) is 5.06. The highest BCUT2D eigenvalue weighted by atomic mass is 35.5. The van der Waals surface area contributed by atoms with Gasteiger partial charge >= 0.3 is 12.3 Å². The third-order valence-corrected chi connectivity index (χ3v) is 3.55. The quantitative estimate of drug-likeness (QED) is 0.625. The molecule has 0 bridgehead atoms. The van der Waals surface area contributed by atoms with Crippen LogP contribution in [0.3, 0.4) is 0 Å². The SMILES string of the molecule is FC(F)C(F)(F)Cn1c(=S)[nH]c2cc(Cl)c(Cl)cc21. The molecule has 0 saturated carbocycles. The lowest BCUT2D eigenvalue weighted by molar-refractivity contribution is -0.137. The number of hydrogen-bond donors (Lipinski definition) is 1. The van der Waals surface area contributed by atoms with E-state index in [9.17, 15) is 17.6 Å². The van der Waals surface area contributed by atoms with Crippen molar-refractivity contribution in [2.45, 2.75) is 18.9 Å². The summed E-state index contributed by atoms with van der Waals surface area (Å²) >= 11 is 16.4. The Morgan fingerprint density at radius 1 is 1.26 bits per heavy atom.